The quantitative estimate of drug-likeness (QED) is 0.722. The van der Waals surface area contributed by atoms with E-state index in [2.05, 4.69) is 31.2 Å². The van der Waals surface area contributed by atoms with Crippen LogP contribution in [0.1, 0.15) is 39.5 Å². The van der Waals surface area contributed by atoms with Crippen LogP contribution in [-0.4, -0.2) is 57.5 Å². The molecule has 0 radical (unpaired) electrons. The molecule has 1 aliphatic carbocycles. The van der Waals surface area contributed by atoms with Crippen LogP contribution < -0.4 is 5.32 Å². The van der Waals surface area contributed by atoms with Gasteiger partial charge in [-0.3, -0.25) is 0 Å². The number of nitrogens with zero attached hydrogens (tertiary/aromatic N) is 1. The van der Waals surface area contributed by atoms with Crippen molar-refractivity contribution in [1.29, 1.82) is 0 Å². The molecule has 0 bridgehead atoms. The number of nitrogens with one attached hydrogen (secondary N) is 1. The number of rotatable bonds is 7. The van der Waals surface area contributed by atoms with Gasteiger partial charge in [0.1, 0.15) is 0 Å². The van der Waals surface area contributed by atoms with Gasteiger partial charge in [-0.25, -0.2) is 8.42 Å². The number of sulfone groups is 1. The molecular weight excluding hydrogens is 260 g/mol. The van der Waals surface area contributed by atoms with Gasteiger partial charge >= 0.3 is 0 Å². The summed E-state index contributed by atoms with van der Waals surface area (Å²) in [6, 6.07) is 0. The van der Waals surface area contributed by atoms with E-state index in [1.165, 1.54) is 25.7 Å². The lowest BCUT2D eigenvalue weighted by Gasteiger charge is -2.45. The number of hydrogen-bond donors (Lipinski definition) is 1. The second-order valence-electron chi connectivity index (χ2n) is 6.23. The Bertz CT molecular complexity index is 368. The molecule has 2 unspecified atom stereocenters. The highest BCUT2D eigenvalue weighted by molar-refractivity contribution is 7.91. The van der Waals surface area contributed by atoms with E-state index in [1.807, 2.05) is 0 Å². The van der Waals surface area contributed by atoms with Crippen LogP contribution in [-0.2, 0) is 9.84 Å². The summed E-state index contributed by atoms with van der Waals surface area (Å²) in [5.74, 6) is 1.25. The van der Waals surface area contributed by atoms with Gasteiger partial charge in [-0.1, -0.05) is 26.7 Å². The van der Waals surface area contributed by atoms with Crippen LogP contribution in [0.3, 0.4) is 0 Å². The third-order valence-corrected chi connectivity index (χ3v) is 6.21. The summed E-state index contributed by atoms with van der Waals surface area (Å²) in [4.78, 5) is 2.32. The third kappa shape index (κ3) is 5.04. The molecule has 5 heteroatoms. The van der Waals surface area contributed by atoms with Crippen LogP contribution in [0.25, 0.3) is 0 Å². The minimum absolute atomic E-state index is 0.202. The second-order valence-corrected chi connectivity index (χ2v) is 8.71. The first kappa shape index (κ1) is 16.9. The summed E-state index contributed by atoms with van der Waals surface area (Å²) in [6.45, 7) is 5.49. The van der Waals surface area contributed by atoms with E-state index in [4.69, 9.17) is 0 Å². The van der Waals surface area contributed by atoms with Gasteiger partial charge in [-0.15, -0.1) is 0 Å². The molecule has 0 aliphatic heterocycles. The number of hydrogen-bond acceptors (Lipinski definition) is 4. The maximum atomic E-state index is 11.5. The van der Waals surface area contributed by atoms with Crippen molar-refractivity contribution in [1.82, 2.24) is 10.2 Å². The van der Waals surface area contributed by atoms with Crippen molar-refractivity contribution in [3.63, 3.8) is 0 Å². The Kier molecular flexibility index (Phi) is 6.27. The van der Waals surface area contributed by atoms with E-state index in [9.17, 15) is 8.42 Å². The van der Waals surface area contributed by atoms with Gasteiger partial charge < -0.3 is 10.2 Å². The van der Waals surface area contributed by atoms with Gasteiger partial charge in [0.05, 0.1) is 5.75 Å². The molecule has 0 amide bonds. The monoisotopic (exact) mass is 290 g/mol. The molecule has 0 saturated heterocycles. The van der Waals surface area contributed by atoms with E-state index in [-0.39, 0.29) is 17.0 Å². The normalized spacial score (nSPS) is 28.8. The van der Waals surface area contributed by atoms with Crippen LogP contribution in [0.4, 0.5) is 0 Å². The Morgan fingerprint density at radius 2 is 2.05 bits per heavy atom. The second kappa shape index (κ2) is 7.04. The summed E-state index contributed by atoms with van der Waals surface area (Å²) >= 11 is 0. The zero-order valence-electron chi connectivity index (χ0n) is 12.9. The minimum atomic E-state index is -2.85. The molecule has 1 aliphatic rings. The molecule has 1 saturated carbocycles. The molecule has 2 atom stereocenters. The fourth-order valence-corrected chi connectivity index (χ4v) is 3.79. The molecule has 1 N–H and O–H groups in total. The third-order valence-electron chi connectivity index (χ3n) is 4.50. The molecule has 0 aromatic heterocycles. The maximum absolute atomic E-state index is 11.5. The highest BCUT2D eigenvalue weighted by Crippen LogP contribution is 2.35. The van der Waals surface area contributed by atoms with Crippen LogP contribution in [0.5, 0.6) is 0 Å². The molecular formula is C14H30N2O2S. The standard InChI is InChI=1S/C14H30N2O2S/c1-5-19(17,18)10-9-15-12-14(16(3)4)8-6-7-13(2)11-14/h13,15H,5-12H2,1-4H3. The molecule has 0 spiro atoms. The average Bonchev–Trinajstić information content (AvgIpc) is 2.35. The molecule has 1 fully saturated rings. The van der Waals surface area contributed by atoms with E-state index in [1.54, 1.807) is 6.92 Å². The minimum Gasteiger partial charge on any atom is -0.314 e. The largest absolute Gasteiger partial charge is 0.314 e. The maximum Gasteiger partial charge on any atom is 0.151 e. The van der Waals surface area contributed by atoms with Crippen LogP contribution in [0, 0.1) is 5.92 Å². The first-order valence-electron chi connectivity index (χ1n) is 7.40. The van der Waals surface area contributed by atoms with E-state index >= 15 is 0 Å². The van der Waals surface area contributed by atoms with Crippen molar-refractivity contribution in [2.45, 2.75) is 45.1 Å². The SMILES string of the molecule is CCS(=O)(=O)CCNCC1(N(C)C)CCCC(C)C1. The first-order valence-corrected chi connectivity index (χ1v) is 9.22. The van der Waals surface area contributed by atoms with E-state index in [0.717, 1.165) is 12.5 Å². The number of likely N-dealkylation sites (N-methyl/N-ethyl adjacent to an activating group) is 1. The lowest BCUT2D eigenvalue weighted by atomic mass is 9.75. The molecule has 0 aromatic rings. The van der Waals surface area contributed by atoms with Gasteiger partial charge in [0.25, 0.3) is 0 Å². The molecule has 19 heavy (non-hydrogen) atoms. The Labute approximate surface area is 118 Å². The van der Waals surface area contributed by atoms with Crippen LogP contribution in [0.2, 0.25) is 0 Å². The van der Waals surface area contributed by atoms with Crippen molar-refractivity contribution >= 4 is 9.84 Å². The summed E-state index contributed by atoms with van der Waals surface area (Å²) in [7, 11) is 1.43. The Morgan fingerprint density at radius 3 is 2.58 bits per heavy atom. The van der Waals surface area contributed by atoms with E-state index < -0.39 is 9.84 Å². The highest BCUT2D eigenvalue weighted by Gasteiger charge is 2.36. The van der Waals surface area contributed by atoms with Gasteiger partial charge in [0.15, 0.2) is 9.84 Å². The Hall–Kier alpha value is -0.130. The predicted octanol–water partition coefficient (Wildman–Crippen LogP) is 1.52. The van der Waals surface area contributed by atoms with Crippen LogP contribution in [0.15, 0.2) is 0 Å². The Balaban J connectivity index is 2.47. The van der Waals surface area contributed by atoms with Crippen molar-refractivity contribution < 1.29 is 8.42 Å². The summed E-state index contributed by atoms with van der Waals surface area (Å²) in [5, 5.41) is 3.37. The molecule has 0 heterocycles. The van der Waals surface area contributed by atoms with Crippen molar-refractivity contribution in [3.8, 4) is 0 Å². The average molecular weight is 290 g/mol. The molecule has 4 nitrogen and oxygen atoms in total. The zero-order chi connectivity index (χ0) is 14.5. The molecule has 114 valence electrons. The van der Waals surface area contributed by atoms with Crippen molar-refractivity contribution in [3.05, 3.63) is 0 Å². The molecule has 1 rings (SSSR count). The summed E-state index contributed by atoms with van der Waals surface area (Å²) < 4.78 is 22.9. The highest BCUT2D eigenvalue weighted by atomic mass is 32.2. The summed E-state index contributed by atoms with van der Waals surface area (Å²) in [5.41, 5.74) is 0.202. The molecule has 0 aromatic carbocycles. The van der Waals surface area contributed by atoms with Crippen LogP contribution >= 0.6 is 0 Å². The van der Waals surface area contributed by atoms with Gasteiger partial charge in [-0.2, -0.15) is 0 Å². The predicted molar refractivity (Wildman–Crippen MR) is 81.2 cm³/mol. The van der Waals surface area contributed by atoms with Gasteiger partial charge in [0.2, 0.25) is 0 Å². The van der Waals surface area contributed by atoms with Gasteiger partial charge in [0, 0.05) is 24.4 Å². The topological polar surface area (TPSA) is 49.4 Å². The Morgan fingerprint density at radius 1 is 1.37 bits per heavy atom. The van der Waals surface area contributed by atoms with Crippen molar-refractivity contribution in [2.24, 2.45) is 5.92 Å². The smallest absolute Gasteiger partial charge is 0.151 e. The lowest BCUT2D eigenvalue weighted by Crippen LogP contribution is -2.54. The fraction of sp³-hybridized carbons (Fsp3) is 1.00. The first-order chi connectivity index (χ1) is 8.81. The van der Waals surface area contributed by atoms with Gasteiger partial charge in [-0.05, 0) is 32.9 Å². The lowest BCUT2D eigenvalue weighted by molar-refractivity contribution is 0.0759. The fourth-order valence-electron chi connectivity index (χ4n) is 3.05. The van der Waals surface area contributed by atoms with E-state index in [0.29, 0.717) is 6.54 Å². The zero-order valence-corrected chi connectivity index (χ0v) is 13.7. The van der Waals surface area contributed by atoms with Crippen molar-refractivity contribution in [2.75, 3.05) is 38.7 Å². The summed E-state index contributed by atoms with van der Waals surface area (Å²) in [6.07, 6.45) is 5.00.